The van der Waals surface area contributed by atoms with E-state index >= 15 is 0 Å². The van der Waals surface area contributed by atoms with Gasteiger partial charge in [-0.25, -0.2) is 13.9 Å². The molecule has 212 valence electrons. The molecule has 9 nitrogen and oxygen atoms in total. The Labute approximate surface area is 233 Å². The molecule has 2 amide bonds. The monoisotopic (exact) mass is 575 g/mol. The molecule has 1 fully saturated rings. The molecule has 3 N–H and O–H groups in total. The third-order valence-electron chi connectivity index (χ3n) is 7.18. The number of unbranched alkanes of at least 4 members (excludes halogenated alkanes) is 5. The van der Waals surface area contributed by atoms with Crippen LogP contribution in [0.3, 0.4) is 0 Å². The quantitative estimate of drug-likeness (QED) is 0.153. The fourth-order valence-electron chi connectivity index (χ4n) is 5.14. The van der Waals surface area contributed by atoms with Crippen molar-refractivity contribution in [3.63, 3.8) is 0 Å². The molecule has 1 aliphatic heterocycles. The highest BCUT2D eigenvalue weighted by atomic mass is 32.2. The summed E-state index contributed by atoms with van der Waals surface area (Å²) in [7, 11) is -4.07. The second-order valence-corrected chi connectivity index (χ2v) is 14.1. The number of fused-ring (bicyclic) bond motifs is 3. The van der Waals surface area contributed by atoms with E-state index in [0.717, 1.165) is 29.0 Å². The molecule has 2 aromatic carbocycles. The Morgan fingerprint density at radius 2 is 1.79 bits per heavy atom. The van der Waals surface area contributed by atoms with Gasteiger partial charge in [0.05, 0.1) is 4.90 Å². The van der Waals surface area contributed by atoms with Crippen molar-refractivity contribution in [3.8, 4) is 0 Å². The molecular weight excluding hydrogens is 538 g/mol. The zero-order valence-electron chi connectivity index (χ0n) is 22.7. The maximum Gasteiger partial charge on any atom is 0.263 e. The summed E-state index contributed by atoms with van der Waals surface area (Å²) in [5, 5.41) is 13.6. The third-order valence-corrected chi connectivity index (χ3v) is 10.4. The Balaban J connectivity index is 1.55. The summed E-state index contributed by atoms with van der Waals surface area (Å²) in [6, 6.07) is 8.87. The van der Waals surface area contributed by atoms with Crippen LogP contribution in [0.5, 0.6) is 0 Å². The molecule has 4 rings (SSSR count). The van der Waals surface area contributed by atoms with Gasteiger partial charge in [-0.3, -0.25) is 14.8 Å². The molecule has 1 unspecified atom stereocenters. The van der Waals surface area contributed by atoms with Gasteiger partial charge in [-0.1, -0.05) is 39.0 Å². The molecule has 3 aromatic rings. The normalized spacial score (nSPS) is 17.9. The maximum absolute atomic E-state index is 13.7. The highest BCUT2D eigenvalue weighted by molar-refractivity contribution is 8.01. The van der Waals surface area contributed by atoms with Crippen molar-refractivity contribution >= 4 is 61.2 Å². The van der Waals surface area contributed by atoms with Crippen LogP contribution in [0.1, 0.15) is 65.7 Å². The maximum atomic E-state index is 13.7. The standard InChI is InChI=1S/C28H37N3O6S2/c1-4-5-6-7-8-9-10-25(32)29-19-11-13-21-22-18-20(12-14-23(22)37-24(21)17-19)39(35,36)31-15-16-38-28(2,3)26(31)27(33)30-34/h11-14,17-18,26,34H,4-10,15-16H2,1-3H3,(H,29,32)(H,30,33). The Kier molecular flexibility index (Phi) is 9.25. The molecule has 0 aliphatic carbocycles. The van der Waals surface area contributed by atoms with Gasteiger partial charge < -0.3 is 9.73 Å². The molecule has 0 spiro atoms. The second kappa shape index (κ2) is 12.3. The summed E-state index contributed by atoms with van der Waals surface area (Å²) in [5.41, 5.74) is 3.30. The van der Waals surface area contributed by atoms with Gasteiger partial charge in [-0.2, -0.15) is 16.1 Å². The smallest absolute Gasteiger partial charge is 0.263 e. The Morgan fingerprint density at radius 3 is 2.54 bits per heavy atom. The van der Waals surface area contributed by atoms with Crippen molar-refractivity contribution in [1.29, 1.82) is 0 Å². The van der Waals surface area contributed by atoms with Crippen LogP contribution in [-0.4, -0.2) is 52.8 Å². The van der Waals surface area contributed by atoms with E-state index in [1.807, 2.05) is 0 Å². The molecule has 0 bridgehead atoms. The summed E-state index contributed by atoms with van der Waals surface area (Å²) in [6.07, 6.45) is 7.14. The van der Waals surface area contributed by atoms with Gasteiger partial charge in [-0.15, -0.1) is 0 Å². The number of sulfonamides is 1. The zero-order chi connectivity index (χ0) is 28.2. The van der Waals surface area contributed by atoms with E-state index in [-0.39, 0.29) is 17.3 Å². The Hall–Kier alpha value is -2.60. The number of hydrogen-bond donors (Lipinski definition) is 3. The van der Waals surface area contributed by atoms with E-state index in [4.69, 9.17) is 4.42 Å². The molecule has 1 atom stereocenters. The van der Waals surface area contributed by atoms with Gasteiger partial charge in [0.2, 0.25) is 15.9 Å². The van der Waals surface area contributed by atoms with Crippen molar-refractivity contribution in [2.75, 3.05) is 17.6 Å². The zero-order valence-corrected chi connectivity index (χ0v) is 24.3. The highest BCUT2D eigenvalue weighted by Gasteiger charge is 2.48. The fraction of sp³-hybridized carbons (Fsp3) is 0.500. The fourth-order valence-corrected chi connectivity index (χ4v) is 8.27. The predicted octanol–water partition coefficient (Wildman–Crippen LogP) is 5.67. The molecule has 11 heteroatoms. The Morgan fingerprint density at radius 1 is 1.05 bits per heavy atom. The summed E-state index contributed by atoms with van der Waals surface area (Å²) in [4.78, 5) is 24.9. The van der Waals surface area contributed by atoms with Crippen LogP contribution in [-0.2, 0) is 19.6 Å². The molecule has 0 radical (unpaired) electrons. The summed E-state index contributed by atoms with van der Waals surface area (Å²) >= 11 is 1.48. The number of anilines is 1. The number of nitrogens with one attached hydrogen (secondary N) is 2. The first-order valence-electron chi connectivity index (χ1n) is 13.4. The van der Waals surface area contributed by atoms with Gasteiger partial charge in [0.1, 0.15) is 17.2 Å². The van der Waals surface area contributed by atoms with Crippen LogP contribution in [0.2, 0.25) is 0 Å². The largest absolute Gasteiger partial charge is 0.456 e. The average Bonchev–Trinajstić information content (AvgIpc) is 3.26. The number of rotatable bonds is 11. The SMILES string of the molecule is CCCCCCCCC(=O)Nc1ccc2c(c1)oc1ccc(S(=O)(=O)N3CCSC(C)(C)C3C(=O)NO)cc12. The lowest BCUT2D eigenvalue weighted by molar-refractivity contribution is -0.134. The second-order valence-electron chi connectivity index (χ2n) is 10.5. The van der Waals surface area contributed by atoms with E-state index < -0.39 is 26.7 Å². The molecule has 1 aromatic heterocycles. The molecule has 1 aliphatic rings. The van der Waals surface area contributed by atoms with Crippen LogP contribution < -0.4 is 10.8 Å². The number of hydroxylamine groups is 1. The van der Waals surface area contributed by atoms with Crippen LogP contribution in [0.15, 0.2) is 45.7 Å². The number of thioether (sulfide) groups is 1. The molecule has 2 heterocycles. The number of nitrogens with zero attached hydrogens (tertiary/aromatic N) is 1. The number of benzene rings is 2. The van der Waals surface area contributed by atoms with Crippen LogP contribution in [0.4, 0.5) is 5.69 Å². The lowest BCUT2D eigenvalue weighted by atomic mass is 10.0. The summed E-state index contributed by atoms with van der Waals surface area (Å²) < 4.78 is 33.8. The molecule has 39 heavy (non-hydrogen) atoms. The number of amides is 2. The van der Waals surface area contributed by atoms with E-state index in [1.54, 1.807) is 49.7 Å². The topological polar surface area (TPSA) is 129 Å². The van der Waals surface area contributed by atoms with Gasteiger partial charge in [0.15, 0.2) is 0 Å². The lowest BCUT2D eigenvalue weighted by Gasteiger charge is -2.43. The number of furan rings is 1. The first kappa shape index (κ1) is 29.4. The van der Waals surface area contributed by atoms with E-state index in [2.05, 4.69) is 12.2 Å². The van der Waals surface area contributed by atoms with Crippen LogP contribution >= 0.6 is 11.8 Å². The van der Waals surface area contributed by atoms with Crippen LogP contribution in [0.25, 0.3) is 21.9 Å². The Bertz CT molecular complexity index is 1450. The van der Waals surface area contributed by atoms with Crippen LogP contribution in [0, 0.1) is 0 Å². The first-order chi connectivity index (χ1) is 18.6. The molecular formula is C28H37N3O6S2. The summed E-state index contributed by atoms with van der Waals surface area (Å²) in [5.74, 6) is -0.291. The van der Waals surface area contributed by atoms with Gasteiger partial charge in [-0.05, 0) is 50.6 Å². The van der Waals surface area contributed by atoms with Crippen molar-refractivity contribution in [2.45, 2.75) is 81.4 Å². The van der Waals surface area contributed by atoms with Crippen molar-refractivity contribution in [2.24, 2.45) is 0 Å². The van der Waals surface area contributed by atoms with Gasteiger partial charge in [0, 0.05) is 46.0 Å². The van der Waals surface area contributed by atoms with Crippen molar-refractivity contribution < 1.29 is 27.6 Å². The van der Waals surface area contributed by atoms with E-state index in [0.29, 0.717) is 34.4 Å². The van der Waals surface area contributed by atoms with Crippen molar-refractivity contribution in [3.05, 3.63) is 36.4 Å². The lowest BCUT2D eigenvalue weighted by Crippen LogP contribution is -2.61. The number of hydrogen-bond acceptors (Lipinski definition) is 7. The minimum atomic E-state index is -4.07. The van der Waals surface area contributed by atoms with Crippen molar-refractivity contribution in [1.82, 2.24) is 9.79 Å². The molecule has 0 saturated carbocycles. The minimum Gasteiger partial charge on any atom is -0.456 e. The number of carbonyl (C=O) groups excluding carboxylic acids is 2. The summed E-state index contributed by atoms with van der Waals surface area (Å²) in [6.45, 7) is 5.89. The average molecular weight is 576 g/mol. The predicted molar refractivity (Wildman–Crippen MR) is 154 cm³/mol. The first-order valence-corrected chi connectivity index (χ1v) is 15.9. The molecule has 1 saturated heterocycles. The van der Waals surface area contributed by atoms with E-state index in [9.17, 15) is 23.2 Å². The van der Waals surface area contributed by atoms with Gasteiger partial charge in [0.25, 0.3) is 5.91 Å². The third kappa shape index (κ3) is 6.42. The minimum absolute atomic E-state index is 0.0347. The van der Waals surface area contributed by atoms with E-state index in [1.165, 1.54) is 37.1 Å². The number of carbonyl (C=O) groups is 2. The van der Waals surface area contributed by atoms with Gasteiger partial charge >= 0.3 is 0 Å². The highest BCUT2D eigenvalue weighted by Crippen LogP contribution is 2.39.